The van der Waals surface area contributed by atoms with Gasteiger partial charge < -0.3 is 20.3 Å². The number of benzene rings is 1. The van der Waals surface area contributed by atoms with E-state index in [0.717, 1.165) is 25.9 Å². The van der Waals surface area contributed by atoms with Crippen LogP contribution in [-0.4, -0.2) is 42.0 Å². The Morgan fingerprint density at radius 3 is 2.90 bits per heavy atom. The van der Waals surface area contributed by atoms with Gasteiger partial charge in [0, 0.05) is 24.5 Å². The lowest BCUT2D eigenvalue weighted by Crippen LogP contribution is -2.40. The van der Waals surface area contributed by atoms with Gasteiger partial charge in [0.05, 0.1) is 24.3 Å². The number of hydrogen-bond acceptors (Lipinski definition) is 6. The van der Waals surface area contributed by atoms with E-state index in [4.69, 9.17) is 16.3 Å². The summed E-state index contributed by atoms with van der Waals surface area (Å²) >= 11 is 6.03. The predicted molar refractivity (Wildman–Crippen MR) is 118 cm³/mol. The van der Waals surface area contributed by atoms with Crippen LogP contribution in [-0.2, 0) is 9.59 Å². The number of piperidine rings is 1. The molecule has 3 N–H and O–H groups in total. The van der Waals surface area contributed by atoms with Crippen LogP contribution >= 0.6 is 11.6 Å². The molecular weight excluding hydrogens is 422 g/mol. The van der Waals surface area contributed by atoms with Gasteiger partial charge in [-0.25, -0.2) is 0 Å². The van der Waals surface area contributed by atoms with Crippen LogP contribution in [0.25, 0.3) is 0 Å². The predicted octanol–water partition coefficient (Wildman–Crippen LogP) is 2.73. The Morgan fingerprint density at radius 1 is 1.35 bits per heavy atom. The summed E-state index contributed by atoms with van der Waals surface area (Å²) in [5, 5.41) is 5.79. The van der Waals surface area contributed by atoms with Crippen molar-refractivity contribution in [1.82, 2.24) is 9.97 Å². The molecule has 2 aliphatic rings. The van der Waals surface area contributed by atoms with Gasteiger partial charge in [-0.15, -0.1) is 0 Å². The lowest BCUT2D eigenvalue weighted by molar-refractivity contribution is -0.123. The molecule has 2 amide bonds. The molecule has 2 atom stereocenters. The molecule has 164 valence electrons. The summed E-state index contributed by atoms with van der Waals surface area (Å²) in [6, 6.07) is 4.81. The van der Waals surface area contributed by atoms with Crippen LogP contribution in [0, 0.1) is 5.92 Å². The highest BCUT2D eigenvalue weighted by Gasteiger charge is 2.35. The molecule has 2 aromatic rings. The van der Waals surface area contributed by atoms with Gasteiger partial charge >= 0.3 is 0 Å². The summed E-state index contributed by atoms with van der Waals surface area (Å²) in [4.78, 5) is 47.6. The number of ether oxygens (including phenoxy) is 1. The van der Waals surface area contributed by atoms with Crippen LogP contribution in [0.1, 0.15) is 37.7 Å². The maximum atomic E-state index is 13.1. The van der Waals surface area contributed by atoms with Crippen molar-refractivity contribution >= 4 is 40.9 Å². The lowest BCUT2D eigenvalue weighted by Gasteiger charge is -2.32. The first-order valence-electron chi connectivity index (χ1n) is 10.2. The average molecular weight is 446 g/mol. The number of methoxy groups -OCH3 is 1. The summed E-state index contributed by atoms with van der Waals surface area (Å²) < 4.78 is 5.26. The second-order valence-corrected chi connectivity index (χ2v) is 8.42. The van der Waals surface area contributed by atoms with Crippen molar-refractivity contribution in [2.45, 2.75) is 32.1 Å². The molecule has 4 rings (SSSR count). The van der Waals surface area contributed by atoms with Gasteiger partial charge in [-0.05, 0) is 37.0 Å². The van der Waals surface area contributed by atoms with Crippen LogP contribution in [0.2, 0.25) is 5.02 Å². The first-order chi connectivity index (χ1) is 14.9. The smallest absolute Gasteiger partial charge is 0.258 e. The van der Waals surface area contributed by atoms with Gasteiger partial charge in [0.15, 0.2) is 0 Å². The first kappa shape index (κ1) is 21.2. The number of fused-ring (bicyclic) bond motifs is 1. The second-order valence-electron chi connectivity index (χ2n) is 7.98. The molecule has 0 bridgehead atoms. The molecule has 0 spiro atoms. The third kappa shape index (κ3) is 4.36. The minimum absolute atomic E-state index is 0.131. The van der Waals surface area contributed by atoms with Crippen molar-refractivity contribution in [1.29, 1.82) is 0 Å². The summed E-state index contributed by atoms with van der Waals surface area (Å²) in [5.74, 6) is -0.432. The quantitative estimate of drug-likeness (QED) is 0.666. The molecule has 0 radical (unpaired) electrons. The number of amides is 2. The number of nitrogens with zero attached hydrogens (tertiary/aromatic N) is 2. The van der Waals surface area contributed by atoms with E-state index in [9.17, 15) is 14.4 Å². The number of hydrogen-bond donors (Lipinski definition) is 3. The van der Waals surface area contributed by atoms with Gasteiger partial charge in [-0.2, -0.15) is 4.98 Å². The minimum Gasteiger partial charge on any atom is -0.495 e. The van der Waals surface area contributed by atoms with E-state index in [2.05, 4.69) is 27.5 Å². The Morgan fingerprint density at radius 2 is 2.16 bits per heavy atom. The first-order valence-corrected chi connectivity index (χ1v) is 10.6. The molecule has 31 heavy (non-hydrogen) atoms. The van der Waals surface area contributed by atoms with Gasteiger partial charge in [0.2, 0.25) is 17.8 Å². The number of halogens is 1. The van der Waals surface area contributed by atoms with E-state index in [1.54, 1.807) is 18.2 Å². The summed E-state index contributed by atoms with van der Waals surface area (Å²) in [5.41, 5.74) is 0.0687. The van der Waals surface area contributed by atoms with E-state index < -0.39 is 17.4 Å². The van der Waals surface area contributed by atoms with Crippen LogP contribution < -0.4 is 25.8 Å². The summed E-state index contributed by atoms with van der Waals surface area (Å²) in [6.07, 6.45) is 1.96. The maximum absolute atomic E-state index is 13.1. The van der Waals surface area contributed by atoms with E-state index in [0.29, 0.717) is 28.3 Å². The van der Waals surface area contributed by atoms with Crippen LogP contribution in [0.15, 0.2) is 23.0 Å². The zero-order chi connectivity index (χ0) is 22.1. The van der Waals surface area contributed by atoms with Crippen LogP contribution in [0.4, 0.5) is 17.5 Å². The normalized spacial score (nSPS) is 20.6. The SMILES string of the molecule is COc1ccc(Cl)cc1NC(=O)[C@@H]1CC(=O)Nc2nc(N3CCC[C@H](C)C3)[nH]c(=O)c21. The number of nitrogens with one attached hydrogen (secondary N) is 3. The molecule has 1 fully saturated rings. The molecule has 9 nitrogen and oxygen atoms in total. The molecule has 0 unspecified atom stereocenters. The Bertz CT molecular complexity index is 1090. The molecule has 0 aliphatic carbocycles. The molecule has 1 saturated heterocycles. The Balaban J connectivity index is 1.66. The fourth-order valence-corrected chi connectivity index (χ4v) is 4.28. The zero-order valence-corrected chi connectivity index (χ0v) is 18.1. The Kier molecular flexibility index (Phi) is 5.86. The topological polar surface area (TPSA) is 116 Å². The van der Waals surface area contributed by atoms with Crippen LogP contribution in [0.5, 0.6) is 5.75 Å². The van der Waals surface area contributed by atoms with Crippen LogP contribution in [0.3, 0.4) is 0 Å². The molecule has 1 aromatic heterocycles. The van der Waals surface area contributed by atoms with Gasteiger partial charge in [-0.1, -0.05) is 18.5 Å². The molecule has 0 saturated carbocycles. The fourth-order valence-electron chi connectivity index (χ4n) is 4.11. The lowest BCUT2D eigenvalue weighted by atomic mass is 9.92. The van der Waals surface area contributed by atoms with Crippen molar-refractivity contribution in [3.63, 3.8) is 0 Å². The Labute approximate surface area is 184 Å². The van der Waals surface area contributed by atoms with Crippen molar-refractivity contribution < 1.29 is 14.3 Å². The summed E-state index contributed by atoms with van der Waals surface area (Å²) in [6.45, 7) is 3.70. The minimum atomic E-state index is -0.988. The van der Waals surface area contributed by atoms with E-state index >= 15 is 0 Å². The van der Waals surface area contributed by atoms with Crippen molar-refractivity contribution in [3.8, 4) is 5.75 Å². The standard InChI is InChI=1S/C21H24ClN5O4/c1-11-4-3-7-27(10-11)21-25-18-17(20(30)26-21)13(9-16(28)24-18)19(29)23-14-8-12(22)5-6-15(14)31-2/h5-6,8,11,13H,3-4,7,9-10H2,1-2H3,(H,23,29)(H2,24,25,26,28,30)/t11-,13+/m0/s1. The molecule has 10 heteroatoms. The van der Waals surface area contributed by atoms with Crippen molar-refractivity contribution in [2.75, 3.05) is 35.7 Å². The third-order valence-electron chi connectivity index (χ3n) is 5.63. The van der Waals surface area contributed by atoms with Crippen molar-refractivity contribution in [3.05, 3.63) is 39.1 Å². The van der Waals surface area contributed by atoms with E-state index in [1.807, 2.05) is 4.90 Å². The van der Waals surface area contributed by atoms with E-state index in [1.165, 1.54) is 7.11 Å². The number of aromatic amines is 1. The fraction of sp³-hybridized carbons (Fsp3) is 0.429. The third-order valence-corrected chi connectivity index (χ3v) is 5.87. The van der Waals surface area contributed by atoms with Gasteiger partial charge in [0.1, 0.15) is 11.6 Å². The molecule has 1 aromatic carbocycles. The molecule has 3 heterocycles. The molecule has 2 aliphatic heterocycles. The number of H-pyrrole nitrogens is 1. The average Bonchev–Trinajstić information content (AvgIpc) is 2.73. The van der Waals surface area contributed by atoms with Crippen molar-refractivity contribution in [2.24, 2.45) is 5.92 Å². The largest absolute Gasteiger partial charge is 0.495 e. The van der Waals surface area contributed by atoms with E-state index in [-0.39, 0.29) is 23.7 Å². The summed E-state index contributed by atoms with van der Waals surface area (Å²) in [7, 11) is 1.47. The Hall–Kier alpha value is -3.07. The second kappa shape index (κ2) is 8.58. The monoisotopic (exact) mass is 445 g/mol. The number of rotatable bonds is 4. The number of carbonyl (C=O) groups excluding carboxylic acids is 2. The number of anilines is 3. The maximum Gasteiger partial charge on any atom is 0.258 e. The van der Waals surface area contributed by atoms with Gasteiger partial charge in [0.25, 0.3) is 5.56 Å². The highest BCUT2D eigenvalue weighted by Crippen LogP contribution is 2.33. The highest BCUT2D eigenvalue weighted by molar-refractivity contribution is 6.31. The number of aromatic nitrogens is 2. The zero-order valence-electron chi connectivity index (χ0n) is 17.3. The highest BCUT2D eigenvalue weighted by atomic mass is 35.5. The molecular formula is C21H24ClN5O4. The van der Waals surface area contributed by atoms with Gasteiger partial charge in [-0.3, -0.25) is 19.4 Å². The number of carbonyl (C=O) groups is 2.